The lowest BCUT2D eigenvalue weighted by atomic mass is 9.89. The van der Waals surface area contributed by atoms with Crippen LogP contribution >= 0.6 is 0 Å². The molecule has 0 aliphatic heterocycles. The number of hydrogen-bond acceptors (Lipinski definition) is 2. The van der Waals surface area contributed by atoms with Gasteiger partial charge in [0.15, 0.2) is 0 Å². The van der Waals surface area contributed by atoms with Crippen LogP contribution in [-0.4, -0.2) is 28.2 Å². The minimum absolute atomic E-state index is 0.576. The summed E-state index contributed by atoms with van der Waals surface area (Å²) in [6, 6.07) is 123. The predicted molar refractivity (Wildman–Crippen MR) is 392 cm³/mol. The van der Waals surface area contributed by atoms with Crippen LogP contribution in [-0.2, 0) is 0 Å². The van der Waals surface area contributed by atoms with Crippen LogP contribution in [0.1, 0.15) is 0 Å². The molecule has 0 N–H and O–H groups in total. The smallest absolute Gasteiger partial charge is 0.235 e. The van der Waals surface area contributed by atoms with Gasteiger partial charge in [-0.2, -0.15) is 0 Å². The Morgan fingerprint density at radius 1 is 0.181 bits per heavy atom. The molecule has 0 saturated heterocycles. The highest BCUT2D eigenvalue weighted by Crippen LogP contribution is 2.45. The zero-order chi connectivity index (χ0) is 61.8. The molecule has 5 heterocycles. The van der Waals surface area contributed by atoms with Gasteiger partial charge in [-0.3, -0.25) is 4.57 Å². The Kier molecular flexibility index (Phi) is 12.2. The number of hydrogen-bond donors (Lipinski definition) is 0. The van der Waals surface area contributed by atoms with Crippen molar-refractivity contribution in [3.8, 4) is 90.0 Å². The van der Waals surface area contributed by atoms with E-state index < -0.39 is 0 Å². The lowest BCUT2D eigenvalue weighted by Crippen LogP contribution is -2.05. The van der Waals surface area contributed by atoms with Crippen molar-refractivity contribution in [3.05, 3.63) is 340 Å². The third kappa shape index (κ3) is 8.51. The molecular formula is C88H56N6. The van der Waals surface area contributed by atoms with Gasteiger partial charge in [-0.25, -0.2) is 9.97 Å². The van der Waals surface area contributed by atoms with Crippen LogP contribution in [0.2, 0.25) is 0 Å². The summed E-state index contributed by atoms with van der Waals surface area (Å²) < 4.78 is 9.52. The fourth-order valence-electron chi connectivity index (χ4n) is 15.0. The van der Waals surface area contributed by atoms with E-state index in [9.17, 15) is 0 Å². The molecule has 0 fully saturated rings. The van der Waals surface area contributed by atoms with Gasteiger partial charge in [-0.1, -0.05) is 249 Å². The molecule has 0 saturated carbocycles. The molecule has 0 spiro atoms. The van der Waals surface area contributed by atoms with Crippen LogP contribution in [0.5, 0.6) is 0 Å². The molecule has 0 aliphatic carbocycles. The third-order valence-corrected chi connectivity index (χ3v) is 19.2. The van der Waals surface area contributed by atoms with Crippen LogP contribution in [0.25, 0.3) is 177 Å². The van der Waals surface area contributed by atoms with E-state index >= 15 is 0 Å². The quantitative estimate of drug-likeness (QED) is 0.137. The minimum Gasteiger partial charge on any atom is -0.309 e. The second-order valence-electron chi connectivity index (χ2n) is 24.5. The van der Waals surface area contributed by atoms with Gasteiger partial charge >= 0.3 is 0 Å². The van der Waals surface area contributed by atoms with E-state index in [-0.39, 0.29) is 0 Å². The number of nitrogens with zero attached hydrogens (tertiary/aromatic N) is 6. The normalized spacial score (nSPS) is 11.8. The summed E-state index contributed by atoms with van der Waals surface area (Å²) in [6.07, 6.45) is 0. The molecule has 438 valence electrons. The van der Waals surface area contributed by atoms with Crippen molar-refractivity contribution >= 4 is 87.2 Å². The van der Waals surface area contributed by atoms with E-state index in [1.807, 2.05) is 0 Å². The Morgan fingerprint density at radius 2 is 0.489 bits per heavy atom. The van der Waals surface area contributed by atoms with Gasteiger partial charge in [0.25, 0.3) is 0 Å². The minimum atomic E-state index is 0.576. The number of rotatable bonds is 10. The lowest BCUT2D eigenvalue weighted by Gasteiger charge is -2.18. The average molecular weight is 1200 g/mol. The molecule has 6 heteroatoms. The number of benzene rings is 14. The van der Waals surface area contributed by atoms with Crippen molar-refractivity contribution in [1.82, 2.24) is 28.2 Å². The molecule has 5 aromatic heterocycles. The van der Waals surface area contributed by atoms with Crippen LogP contribution in [0.3, 0.4) is 0 Å². The number of para-hydroxylation sites is 6. The molecule has 0 atom stereocenters. The van der Waals surface area contributed by atoms with Crippen molar-refractivity contribution in [1.29, 1.82) is 0 Å². The Bertz CT molecular complexity index is 6150. The third-order valence-electron chi connectivity index (χ3n) is 19.2. The maximum absolute atomic E-state index is 5.85. The van der Waals surface area contributed by atoms with E-state index in [0.717, 1.165) is 122 Å². The van der Waals surface area contributed by atoms with Crippen molar-refractivity contribution < 1.29 is 0 Å². The first-order chi connectivity index (χ1) is 46.6. The van der Waals surface area contributed by atoms with E-state index in [2.05, 4.69) is 358 Å². The van der Waals surface area contributed by atoms with E-state index in [4.69, 9.17) is 9.97 Å². The second kappa shape index (κ2) is 21.5. The zero-order valence-corrected chi connectivity index (χ0v) is 51.0. The first kappa shape index (κ1) is 53.2. The number of fused-ring (bicyclic) bond motifs is 12. The molecule has 0 amide bonds. The first-order valence-corrected chi connectivity index (χ1v) is 32.1. The van der Waals surface area contributed by atoms with Gasteiger partial charge in [0, 0.05) is 71.3 Å². The SMILES string of the molecule is c1ccc(-c2cccc(-c3ccccc3)c2-c2cc(-c3cccc(-n4c5ccccc5c5ccc(-c6ccc7c8ccccc8n(-c8ccccc8)c7c6)cc54)c3)nc(-n3c4ccccc4c4ccc(-c5ccc6c7ccccc7n(-c7ccccc7)c6c5)cc43)n2)cc1. The van der Waals surface area contributed by atoms with Crippen molar-refractivity contribution in [2.24, 2.45) is 0 Å². The van der Waals surface area contributed by atoms with Crippen LogP contribution in [0.15, 0.2) is 340 Å². The highest BCUT2D eigenvalue weighted by atomic mass is 15.2. The first-order valence-electron chi connectivity index (χ1n) is 32.1. The molecule has 14 aromatic carbocycles. The van der Waals surface area contributed by atoms with E-state index in [1.54, 1.807) is 0 Å². The fraction of sp³-hybridized carbons (Fsp3) is 0. The van der Waals surface area contributed by atoms with Crippen molar-refractivity contribution in [2.45, 2.75) is 0 Å². The predicted octanol–water partition coefficient (Wildman–Crippen LogP) is 22.9. The molecule has 19 rings (SSSR count). The average Bonchev–Trinajstić information content (AvgIpc) is 1.52. The fourth-order valence-corrected chi connectivity index (χ4v) is 15.0. The van der Waals surface area contributed by atoms with Crippen molar-refractivity contribution in [3.63, 3.8) is 0 Å². The van der Waals surface area contributed by atoms with Gasteiger partial charge in [-0.15, -0.1) is 0 Å². The molecule has 0 aliphatic rings. The zero-order valence-electron chi connectivity index (χ0n) is 51.0. The van der Waals surface area contributed by atoms with Gasteiger partial charge in [0.2, 0.25) is 5.95 Å². The van der Waals surface area contributed by atoms with Gasteiger partial charge < -0.3 is 13.7 Å². The second-order valence-corrected chi connectivity index (χ2v) is 24.5. The molecule has 19 aromatic rings. The Hall–Kier alpha value is -12.6. The highest BCUT2D eigenvalue weighted by molar-refractivity contribution is 6.14. The topological polar surface area (TPSA) is 45.5 Å². The largest absolute Gasteiger partial charge is 0.309 e. The van der Waals surface area contributed by atoms with Crippen LogP contribution in [0, 0.1) is 0 Å². The van der Waals surface area contributed by atoms with Gasteiger partial charge in [-0.05, 0) is 136 Å². The number of aromatic nitrogens is 6. The summed E-state index contributed by atoms with van der Waals surface area (Å²) in [4.78, 5) is 11.6. The standard InChI is InChI=1S/C88H56N6/c1-5-23-57(24-6-1)67-37-22-38-68(58-25-7-2-8-26-58)87(67)78-56-77(89-88(90-78)94-82-42-20-16-36-72(82)76-50-46-62(55-86(76)94)60-44-48-74-70-34-14-18-40-80(70)92(84(74)53-60)65-30-11-4-12-31-65)63-27-21-32-66(51-63)93-81-41-19-15-35-71(81)75-49-45-61(54-85(75)93)59-43-47-73-69-33-13-17-39-79(69)91(83(73)52-59)64-28-9-3-10-29-64/h1-56H. The molecule has 94 heavy (non-hydrogen) atoms. The van der Waals surface area contributed by atoms with Crippen LogP contribution < -0.4 is 0 Å². The molecule has 0 bridgehead atoms. The van der Waals surface area contributed by atoms with Crippen molar-refractivity contribution in [2.75, 3.05) is 0 Å². The Labute approximate surface area is 542 Å². The highest BCUT2D eigenvalue weighted by Gasteiger charge is 2.24. The molecule has 0 unspecified atom stereocenters. The molecular weight excluding hydrogens is 1140 g/mol. The summed E-state index contributed by atoms with van der Waals surface area (Å²) in [5.41, 5.74) is 24.8. The Morgan fingerprint density at radius 3 is 0.915 bits per heavy atom. The maximum atomic E-state index is 5.85. The van der Waals surface area contributed by atoms with Crippen LogP contribution in [0.4, 0.5) is 0 Å². The summed E-state index contributed by atoms with van der Waals surface area (Å²) in [5.74, 6) is 0.576. The monoisotopic (exact) mass is 1200 g/mol. The van der Waals surface area contributed by atoms with Gasteiger partial charge in [0.1, 0.15) is 0 Å². The van der Waals surface area contributed by atoms with E-state index in [1.165, 1.54) is 48.9 Å². The summed E-state index contributed by atoms with van der Waals surface area (Å²) in [7, 11) is 0. The summed E-state index contributed by atoms with van der Waals surface area (Å²) in [6.45, 7) is 0. The Balaban J connectivity index is 0.825. The van der Waals surface area contributed by atoms with E-state index in [0.29, 0.717) is 5.95 Å². The summed E-state index contributed by atoms with van der Waals surface area (Å²) in [5, 5.41) is 9.53. The maximum Gasteiger partial charge on any atom is 0.235 e. The summed E-state index contributed by atoms with van der Waals surface area (Å²) >= 11 is 0. The molecule has 6 nitrogen and oxygen atoms in total. The molecule has 0 radical (unpaired) electrons. The van der Waals surface area contributed by atoms with Gasteiger partial charge in [0.05, 0.1) is 55.5 Å². The lowest BCUT2D eigenvalue weighted by molar-refractivity contribution is 0.995.